The van der Waals surface area contributed by atoms with E-state index in [0.29, 0.717) is 25.1 Å². The van der Waals surface area contributed by atoms with Crippen LogP contribution in [0.4, 0.5) is 10.2 Å². The molecule has 0 unspecified atom stereocenters. The van der Waals surface area contributed by atoms with Crippen LogP contribution < -0.4 is 4.90 Å². The molecule has 3 heterocycles. The van der Waals surface area contributed by atoms with Crippen molar-refractivity contribution < 1.29 is 13.9 Å². The van der Waals surface area contributed by atoms with Crippen LogP contribution in [-0.2, 0) is 17.7 Å². The Labute approximate surface area is 164 Å². The molecule has 2 aliphatic heterocycles. The van der Waals surface area contributed by atoms with Crippen molar-refractivity contribution in [2.45, 2.75) is 45.9 Å². The van der Waals surface area contributed by atoms with Crippen LogP contribution in [0.3, 0.4) is 0 Å². The standard InChI is InChI=1S/C21H25FN4O2/c1-13-10-26(11-14(2)28-13)20-18-12-25(9-8-19(18)23-15(3)24-20)21(27)16-4-6-17(22)7-5-16/h4-7,13-14H,8-12H2,1-3H3/t13-,14-/m0/s1. The lowest BCUT2D eigenvalue weighted by Crippen LogP contribution is -2.47. The van der Waals surface area contributed by atoms with Crippen molar-refractivity contribution >= 4 is 11.7 Å². The van der Waals surface area contributed by atoms with Crippen LogP contribution in [-0.4, -0.2) is 52.6 Å². The van der Waals surface area contributed by atoms with Crippen molar-refractivity contribution in [3.05, 3.63) is 52.7 Å². The third kappa shape index (κ3) is 3.71. The first kappa shape index (κ1) is 18.8. The average molecular weight is 384 g/mol. The number of carbonyl (C=O) groups excluding carboxylic acids is 1. The number of nitrogens with zero attached hydrogens (tertiary/aromatic N) is 4. The maximum Gasteiger partial charge on any atom is 0.254 e. The van der Waals surface area contributed by atoms with Crippen molar-refractivity contribution in [1.29, 1.82) is 0 Å². The van der Waals surface area contributed by atoms with E-state index in [4.69, 9.17) is 9.72 Å². The van der Waals surface area contributed by atoms with Crippen LogP contribution in [0.25, 0.3) is 0 Å². The molecule has 1 aromatic carbocycles. The predicted molar refractivity (Wildman–Crippen MR) is 104 cm³/mol. The number of amides is 1. The molecule has 2 atom stereocenters. The summed E-state index contributed by atoms with van der Waals surface area (Å²) >= 11 is 0. The van der Waals surface area contributed by atoms with E-state index in [2.05, 4.69) is 23.7 Å². The van der Waals surface area contributed by atoms with E-state index in [0.717, 1.165) is 36.0 Å². The van der Waals surface area contributed by atoms with Gasteiger partial charge in [0.15, 0.2) is 0 Å². The first-order chi connectivity index (χ1) is 13.4. The van der Waals surface area contributed by atoms with Gasteiger partial charge >= 0.3 is 0 Å². The summed E-state index contributed by atoms with van der Waals surface area (Å²) in [7, 11) is 0. The van der Waals surface area contributed by atoms with Crippen LogP contribution in [0.2, 0.25) is 0 Å². The number of hydrogen-bond donors (Lipinski definition) is 0. The fourth-order valence-electron chi connectivity index (χ4n) is 4.08. The SMILES string of the molecule is Cc1nc2c(c(N3C[C@H](C)O[C@@H](C)C3)n1)CN(C(=O)c1ccc(F)cc1)CC2. The second kappa shape index (κ2) is 7.47. The van der Waals surface area contributed by atoms with E-state index in [9.17, 15) is 9.18 Å². The maximum atomic E-state index is 13.2. The van der Waals surface area contributed by atoms with Gasteiger partial charge in [0, 0.05) is 37.2 Å². The van der Waals surface area contributed by atoms with E-state index in [-0.39, 0.29) is 23.9 Å². The van der Waals surface area contributed by atoms with E-state index in [1.807, 2.05) is 6.92 Å². The molecular formula is C21H25FN4O2. The molecule has 6 nitrogen and oxygen atoms in total. The zero-order valence-corrected chi connectivity index (χ0v) is 16.5. The molecule has 148 valence electrons. The second-order valence-corrected chi connectivity index (χ2v) is 7.67. The molecule has 0 N–H and O–H groups in total. The Hall–Kier alpha value is -2.54. The molecule has 0 radical (unpaired) electrons. The Balaban J connectivity index is 1.63. The number of carbonyl (C=O) groups is 1. The minimum Gasteiger partial charge on any atom is -0.372 e. The lowest BCUT2D eigenvalue weighted by atomic mass is 10.0. The van der Waals surface area contributed by atoms with Crippen molar-refractivity contribution in [3.63, 3.8) is 0 Å². The Bertz CT molecular complexity index is 877. The Morgan fingerprint density at radius 2 is 1.82 bits per heavy atom. The highest BCUT2D eigenvalue weighted by Gasteiger charge is 2.30. The van der Waals surface area contributed by atoms with Crippen molar-refractivity contribution in [3.8, 4) is 0 Å². The number of morpholine rings is 1. The van der Waals surface area contributed by atoms with Gasteiger partial charge in [-0.05, 0) is 45.0 Å². The van der Waals surface area contributed by atoms with Gasteiger partial charge < -0.3 is 14.5 Å². The highest BCUT2D eigenvalue weighted by atomic mass is 19.1. The minimum absolute atomic E-state index is 0.0964. The second-order valence-electron chi connectivity index (χ2n) is 7.67. The highest BCUT2D eigenvalue weighted by Crippen LogP contribution is 2.29. The number of fused-ring (bicyclic) bond motifs is 1. The van der Waals surface area contributed by atoms with Gasteiger partial charge in [0.05, 0.1) is 24.4 Å². The van der Waals surface area contributed by atoms with Gasteiger partial charge in [0.1, 0.15) is 17.5 Å². The fourth-order valence-corrected chi connectivity index (χ4v) is 4.08. The summed E-state index contributed by atoms with van der Waals surface area (Å²) < 4.78 is 19.1. The zero-order chi connectivity index (χ0) is 19.8. The number of ether oxygens (including phenoxy) is 1. The predicted octanol–water partition coefficient (Wildman–Crippen LogP) is 2.74. The first-order valence-corrected chi connectivity index (χ1v) is 9.72. The Morgan fingerprint density at radius 3 is 2.50 bits per heavy atom. The molecule has 1 saturated heterocycles. The first-order valence-electron chi connectivity index (χ1n) is 9.72. The summed E-state index contributed by atoms with van der Waals surface area (Å²) in [5.41, 5.74) is 2.51. The van der Waals surface area contributed by atoms with E-state index < -0.39 is 0 Å². The van der Waals surface area contributed by atoms with Gasteiger partial charge in [0.2, 0.25) is 0 Å². The van der Waals surface area contributed by atoms with Gasteiger partial charge in [0.25, 0.3) is 5.91 Å². The number of aromatic nitrogens is 2. The number of hydrogen-bond acceptors (Lipinski definition) is 5. The quantitative estimate of drug-likeness (QED) is 0.797. The van der Waals surface area contributed by atoms with Gasteiger partial charge in [-0.1, -0.05) is 0 Å². The molecular weight excluding hydrogens is 359 g/mol. The monoisotopic (exact) mass is 384 g/mol. The molecule has 2 aliphatic rings. The summed E-state index contributed by atoms with van der Waals surface area (Å²) in [5.74, 6) is 1.21. The molecule has 1 aromatic heterocycles. The largest absolute Gasteiger partial charge is 0.372 e. The summed E-state index contributed by atoms with van der Waals surface area (Å²) in [4.78, 5) is 26.3. The number of rotatable bonds is 2. The van der Waals surface area contributed by atoms with Crippen molar-refractivity contribution in [2.75, 3.05) is 24.5 Å². The zero-order valence-electron chi connectivity index (χ0n) is 16.5. The molecule has 4 rings (SSSR count). The lowest BCUT2D eigenvalue weighted by Gasteiger charge is -2.38. The molecule has 1 fully saturated rings. The maximum absolute atomic E-state index is 13.2. The molecule has 1 amide bonds. The average Bonchev–Trinajstić information content (AvgIpc) is 2.66. The van der Waals surface area contributed by atoms with Gasteiger partial charge in [-0.25, -0.2) is 14.4 Å². The van der Waals surface area contributed by atoms with Crippen LogP contribution in [0.5, 0.6) is 0 Å². The van der Waals surface area contributed by atoms with E-state index in [1.165, 1.54) is 24.3 Å². The highest BCUT2D eigenvalue weighted by molar-refractivity contribution is 5.94. The number of aryl methyl sites for hydroxylation is 1. The molecule has 0 spiro atoms. The van der Waals surface area contributed by atoms with Crippen molar-refractivity contribution in [1.82, 2.24) is 14.9 Å². The third-order valence-corrected chi connectivity index (χ3v) is 5.25. The number of anilines is 1. The van der Waals surface area contributed by atoms with Crippen molar-refractivity contribution in [2.24, 2.45) is 0 Å². The van der Waals surface area contributed by atoms with Crippen LogP contribution in [0.1, 0.15) is 41.3 Å². The summed E-state index contributed by atoms with van der Waals surface area (Å²) in [6, 6.07) is 5.70. The molecule has 2 aromatic rings. The smallest absolute Gasteiger partial charge is 0.254 e. The van der Waals surface area contributed by atoms with Crippen LogP contribution in [0, 0.1) is 12.7 Å². The number of benzene rings is 1. The third-order valence-electron chi connectivity index (χ3n) is 5.25. The molecule has 0 bridgehead atoms. The van der Waals surface area contributed by atoms with Gasteiger partial charge in [-0.3, -0.25) is 4.79 Å². The van der Waals surface area contributed by atoms with Gasteiger partial charge in [-0.15, -0.1) is 0 Å². The molecule has 7 heteroatoms. The van der Waals surface area contributed by atoms with Gasteiger partial charge in [-0.2, -0.15) is 0 Å². The Kier molecular flexibility index (Phi) is 5.02. The van der Waals surface area contributed by atoms with Crippen LogP contribution in [0.15, 0.2) is 24.3 Å². The normalized spacial score (nSPS) is 22.1. The molecule has 0 saturated carbocycles. The van der Waals surface area contributed by atoms with E-state index >= 15 is 0 Å². The minimum atomic E-state index is -0.345. The lowest BCUT2D eigenvalue weighted by molar-refractivity contribution is -0.00560. The fraction of sp³-hybridized carbons (Fsp3) is 0.476. The Morgan fingerprint density at radius 1 is 1.14 bits per heavy atom. The summed E-state index contributed by atoms with van der Waals surface area (Å²) in [6.07, 6.45) is 0.930. The molecule has 0 aliphatic carbocycles. The summed E-state index contributed by atoms with van der Waals surface area (Å²) in [6.45, 7) is 8.61. The van der Waals surface area contributed by atoms with Crippen LogP contribution >= 0.6 is 0 Å². The number of halogens is 1. The topological polar surface area (TPSA) is 58.6 Å². The van der Waals surface area contributed by atoms with E-state index in [1.54, 1.807) is 4.90 Å². The summed E-state index contributed by atoms with van der Waals surface area (Å²) in [5, 5.41) is 0. The molecule has 28 heavy (non-hydrogen) atoms.